The number of nitrogens with zero attached hydrogens (tertiary/aromatic N) is 3. The second-order valence-electron chi connectivity index (χ2n) is 5.81. The molecule has 3 unspecified atom stereocenters. The van der Waals surface area contributed by atoms with Gasteiger partial charge in [-0.15, -0.1) is 0 Å². The minimum atomic E-state index is -6.03. The third-order valence-corrected chi connectivity index (χ3v) is 7.37. The Labute approximate surface area is 250 Å². The predicted octanol–water partition coefficient (Wildman–Crippen LogP) is -11.8. The molecular weight excluding hydrogens is 546 g/mol. The van der Waals surface area contributed by atoms with Crippen LogP contribution in [0.2, 0.25) is 0 Å². The van der Waals surface area contributed by atoms with E-state index in [4.69, 9.17) is 9.63 Å². The minimum absolute atomic E-state index is 0. The van der Waals surface area contributed by atoms with Crippen LogP contribution in [-0.4, -0.2) is 48.3 Å². The van der Waals surface area contributed by atoms with E-state index in [2.05, 4.69) is 28.1 Å². The zero-order valence-corrected chi connectivity index (χ0v) is 26.1. The number of aliphatic hydroxyl groups is 1. The number of imidazole rings is 1. The number of rotatable bonds is 8. The summed E-state index contributed by atoms with van der Waals surface area (Å²) >= 11 is 0. The van der Waals surface area contributed by atoms with Crippen LogP contribution in [0.15, 0.2) is 17.4 Å². The fourth-order valence-corrected chi connectivity index (χ4v) is 5.46. The number of aliphatic hydroxyl groups excluding tert-OH is 1. The van der Waals surface area contributed by atoms with Crippen molar-refractivity contribution in [1.29, 1.82) is 0 Å². The molecule has 17 nitrogen and oxygen atoms in total. The SMILES string of the molecule is O=c1[nH]cnc2c1ncn2[C@H]1C[C@@H](O)[C@@H](COP(=O)([O-])OP(=O)([O-])OP(=O)([O-])O)O1.[Na+].[Na+].[Na+]. The number of fused-ring (bicyclic) bond motifs is 1. The molecule has 0 aromatic carbocycles. The van der Waals surface area contributed by atoms with Gasteiger partial charge in [-0.25, -0.2) is 18.6 Å². The zero-order chi connectivity index (χ0) is 22.3. The fourth-order valence-electron chi connectivity index (χ4n) is 2.56. The van der Waals surface area contributed by atoms with Crippen molar-refractivity contribution in [3.05, 3.63) is 23.0 Å². The van der Waals surface area contributed by atoms with Gasteiger partial charge in [-0.05, 0) is 0 Å². The van der Waals surface area contributed by atoms with E-state index in [-0.39, 0.29) is 106 Å². The maximum Gasteiger partial charge on any atom is 1.00 e. The molecule has 3 N–H and O–H groups in total. The van der Waals surface area contributed by atoms with Crippen LogP contribution in [0, 0.1) is 0 Å². The van der Waals surface area contributed by atoms with Gasteiger partial charge in [0.15, 0.2) is 11.2 Å². The van der Waals surface area contributed by atoms with Crippen LogP contribution in [0.3, 0.4) is 0 Å². The van der Waals surface area contributed by atoms with Crippen molar-refractivity contribution in [1.82, 2.24) is 19.5 Å². The van der Waals surface area contributed by atoms with Gasteiger partial charge in [0.05, 0.1) is 25.4 Å². The molecule has 1 aliphatic rings. The van der Waals surface area contributed by atoms with Crippen molar-refractivity contribution >= 4 is 34.6 Å². The number of ether oxygens (including phenoxy) is 1. The van der Waals surface area contributed by atoms with Gasteiger partial charge in [-0.2, -0.15) is 0 Å². The summed E-state index contributed by atoms with van der Waals surface area (Å²) in [4.78, 5) is 63.2. The Balaban J connectivity index is 0.00000341. The summed E-state index contributed by atoms with van der Waals surface area (Å²) in [7, 11) is -17.6. The van der Waals surface area contributed by atoms with E-state index in [1.165, 1.54) is 10.9 Å². The molecule has 2 aromatic rings. The van der Waals surface area contributed by atoms with Gasteiger partial charge in [-0.3, -0.25) is 23.1 Å². The third kappa shape index (κ3) is 9.82. The summed E-state index contributed by atoms with van der Waals surface area (Å²) in [5, 5.41) is 10.1. The van der Waals surface area contributed by atoms with Gasteiger partial charge in [0.1, 0.15) is 12.3 Å². The molecule has 0 bridgehead atoms. The van der Waals surface area contributed by atoms with Crippen LogP contribution in [0.1, 0.15) is 12.6 Å². The van der Waals surface area contributed by atoms with Crippen LogP contribution in [-0.2, 0) is 31.6 Å². The third-order valence-electron chi connectivity index (χ3n) is 3.68. The van der Waals surface area contributed by atoms with Crippen molar-refractivity contribution in [2.75, 3.05) is 6.61 Å². The van der Waals surface area contributed by atoms with E-state index < -0.39 is 54.1 Å². The Morgan fingerprint density at radius 3 is 2.39 bits per heavy atom. The average molecular weight is 558 g/mol. The van der Waals surface area contributed by atoms with Gasteiger partial charge in [0, 0.05) is 6.42 Å². The van der Waals surface area contributed by atoms with Crippen molar-refractivity contribution in [3.8, 4) is 0 Å². The Morgan fingerprint density at radius 1 is 1.15 bits per heavy atom. The number of aromatic amines is 1. The van der Waals surface area contributed by atoms with Gasteiger partial charge in [-0.1, -0.05) is 0 Å². The van der Waals surface area contributed by atoms with Crippen LogP contribution in [0.4, 0.5) is 0 Å². The Kier molecular flexibility index (Phi) is 14.2. The summed E-state index contributed by atoms with van der Waals surface area (Å²) in [5.74, 6) is 0. The molecule has 3 heterocycles. The van der Waals surface area contributed by atoms with Gasteiger partial charge >= 0.3 is 88.7 Å². The van der Waals surface area contributed by atoms with E-state index in [9.17, 15) is 38.3 Å². The van der Waals surface area contributed by atoms with E-state index >= 15 is 0 Å². The summed E-state index contributed by atoms with van der Waals surface area (Å²) < 4.78 is 50.8. The fraction of sp³-hybridized carbons (Fsp3) is 0.500. The van der Waals surface area contributed by atoms with Crippen molar-refractivity contribution in [2.24, 2.45) is 0 Å². The molecule has 168 valence electrons. The molecule has 33 heavy (non-hydrogen) atoms. The number of phosphoric acid groups is 3. The first kappa shape index (κ1) is 34.7. The van der Waals surface area contributed by atoms with E-state index in [0.717, 1.165) is 6.33 Å². The molecule has 1 fully saturated rings. The Hall–Kier alpha value is 1.68. The first-order chi connectivity index (χ1) is 13.8. The molecule has 0 aliphatic carbocycles. The van der Waals surface area contributed by atoms with E-state index in [0.29, 0.717) is 0 Å². The number of aromatic nitrogens is 4. The predicted molar refractivity (Wildman–Crippen MR) is 85.8 cm³/mol. The summed E-state index contributed by atoms with van der Waals surface area (Å²) in [6.07, 6.45) is -1.26. The van der Waals surface area contributed by atoms with Crippen molar-refractivity contribution in [2.45, 2.75) is 24.9 Å². The van der Waals surface area contributed by atoms with Gasteiger partial charge in [0.2, 0.25) is 0 Å². The molecule has 3 rings (SSSR count). The van der Waals surface area contributed by atoms with Gasteiger partial charge < -0.3 is 38.9 Å². The van der Waals surface area contributed by atoms with Crippen LogP contribution in [0.5, 0.6) is 0 Å². The molecule has 6 atom stereocenters. The molecule has 0 amide bonds. The summed E-state index contributed by atoms with van der Waals surface area (Å²) in [6, 6.07) is 0. The maximum absolute atomic E-state index is 11.7. The first-order valence-electron chi connectivity index (χ1n) is 7.73. The smallest absolute Gasteiger partial charge is 0.756 e. The molecule has 0 saturated carbocycles. The normalized spacial score (nSPS) is 25.5. The quantitative estimate of drug-likeness (QED) is 0.201. The second kappa shape index (κ2) is 13.5. The number of nitrogens with one attached hydrogen (secondary N) is 1. The standard InChI is InChI=1S/C10H15N4O13P3.3Na/c15-5-1-7(14-4-13-8-9(14)11-3-12-10(8)16)25-6(5)2-24-29(20,21)27-30(22,23)26-28(17,18)19;;;/h3-7,15H,1-2H2,(H,20,21)(H,22,23)(H,11,12,16)(H2,17,18,19);;;/q;3*+1/p-3/t5-,6-,7-;;;/m1.../s1. The molecule has 1 aliphatic heterocycles. The zero-order valence-electron chi connectivity index (χ0n) is 17.4. The van der Waals surface area contributed by atoms with Crippen LogP contribution >= 0.6 is 23.5 Å². The van der Waals surface area contributed by atoms with Gasteiger partial charge in [0.25, 0.3) is 29.0 Å². The Bertz CT molecular complexity index is 1140. The van der Waals surface area contributed by atoms with E-state index in [1.54, 1.807) is 0 Å². The van der Waals surface area contributed by atoms with Crippen LogP contribution < -0.4 is 109 Å². The summed E-state index contributed by atoms with van der Waals surface area (Å²) in [5.41, 5.74) is -0.388. The molecule has 0 radical (unpaired) electrons. The second-order valence-corrected chi connectivity index (χ2v) is 10.1. The van der Waals surface area contributed by atoms with Crippen molar-refractivity contribution < 1.29 is 145 Å². The van der Waals surface area contributed by atoms with Crippen molar-refractivity contribution in [3.63, 3.8) is 0 Å². The maximum atomic E-state index is 11.7. The number of H-pyrrole nitrogens is 1. The summed E-state index contributed by atoms with van der Waals surface area (Å²) in [6.45, 7) is -0.923. The minimum Gasteiger partial charge on any atom is -0.756 e. The number of hydrogen-bond acceptors (Lipinski definition) is 14. The number of hydrogen-bond donors (Lipinski definition) is 3. The van der Waals surface area contributed by atoms with Crippen LogP contribution in [0.25, 0.3) is 11.2 Å². The largest absolute Gasteiger partial charge is 1.00 e. The topological polar surface area (TPSA) is 261 Å². The molecular formula is C10H12N4Na3O13P3. The molecule has 23 heteroatoms. The monoisotopic (exact) mass is 558 g/mol. The molecule has 2 aromatic heterocycles. The van der Waals surface area contributed by atoms with E-state index in [1.807, 2.05) is 0 Å². The molecule has 0 spiro atoms. The molecule has 1 saturated heterocycles. The first-order valence-corrected chi connectivity index (χ1v) is 12.1. The number of phosphoric ester groups is 1. The Morgan fingerprint density at radius 2 is 1.79 bits per heavy atom. The average Bonchev–Trinajstić information content (AvgIpc) is 3.14.